The highest BCUT2D eigenvalue weighted by Gasteiger charge is 2.16. The molecule has 1 heterocycles. The van der Waals surface area contributed by atoms with Crippen LogP contribution >= 0.6 is 11.8 Å². The number of benzene rings is 2. The Morgan fingerprint density at radius 1 is 1.00 bits per heavy atom. The number of carbonyl (C=O) groups is 2. The second-order valence-electron chi connectivity index (χ2n) is 6.64. The van der Waals surface area contributed by atoms with E-state index < -0.39 is 0 Å². The molecule has 6 heteroatoms. The smallest absolute Gasteiger partial charge is 0.243 e. The topological polar surface area (TPSA) is 71.1 Å². The fourth-order valence-electron chi connectivity index (χ4n) is 2.85. The average Bonchev–Trinajstić information content (AvgIpc) is 2.69. The van der Waals surface area contributed by atoms with E-state index in [0.29, 0.717) is 0 Å². The molecule has 0 bridgehead atoms. The number of aryl methyl sites for hydroxylation is 2. The highest BCUT2D eigenvalue weighted by molar-refractivity contribution is 8.00. The van der Waals surface area contributed by atoms with Crippen LogP contribution in [0.4, 0.5) is 5.69 Å². The number of rotatable bonds is 6. The van der Waals surface area contributed by atoms with Crippen molar-refractivity contribution in [2.75, 3.05) is 11.9 Å². The van der Waals surface area contributed by atoms with Gasteiger partial charge in [-0.25, -0.2) is 4.98 Å². The Morgan fingerprint density at radius 3 is 2.46 bits per heavy atom. The van der Waals surface area contributed by atoms with Crippen molar-refractivity contribution < 1.29 is 9.59 Å². The molecule has 2 amide bonds. The van der Waals surface area contributed by atoms with E-state index in [4.69, 9.17) is 0 Å². The van der Waals surface area contributed by atoms with E-state index in [2.05, 4.69) is 15.6 Å². The van der Waals surface area contributed by atoms with Crippen molar-refractivity contribution in [2.24, 2.45) is 0 Å². The summed E-state index contributed by atoms with van der Waals surface area (Å²) in [6, 6.07) is 17.6. The molecule has 2 aromatic carbocycles. The molecule has 1 atom stereocenters. The summed E-state index contributed by atoms with van der Waals surface area (Å²) in [6.45, 7) is 5.62. The Kier molecular flexibility index (Phi) is 6.31. The summed E-state index contributed by atoms with van der Waals surface area (Å²) in [5.74, 6) is -0.441. The SMILES string of the molecule is Cc1cccc(C)c1NC(=O)CNC(=O)[C@@H](C)Sc1ccc2ccccc2n1. The summed E-state index contributed by atoms with van der Waals surface area (Å²) < 4.78 is 0. The normalized spacial score (nSPS) is 11.8. The first-order valence-electron chi connectivity index (χ1n) is 9.10. The van der Waals surface area contributed by atoms with Crippen LogP contribution in [0.5, 0.6) is 0 Å². The third kappa shape index (κ3) is 4.89. The zero-order valence-electron chi connectivity index (χ0n) is 16.2. The molecule has 0 unspecified atom stereocenters. The van der Waals surface area contributed by atoms with Crippen molar-refractivity contribution in [3.05, 3.63) is 65.7 Å². The molecule has 3 rings (SSSR count). The number of amides is 2. The van der Waals surface area contributed by atoms with E-state index in [0.717, 1.165) is 32.7 Å². The molecule has 0 saturated heterocycles. The third-order valence-corrected chi connectivity index (χ3v) is 5.44. The maximum Gasteiger partial charge on any atom is 0.243 e. The van der Waals surface area contributed by atoms with E-state index in [1.54, 1.807) is 6.92 Å². The molecule has 0 saturated carbocycles. The molecule has 0 radical (unpaired) electrons. The Bertz CT molecular complexity index is 999. The van der Waals surface area contributed by atoms with Crippen molar-refractivity contribution in [1.29, 1.82) is 0 Å². The van der Waals surface area contributed by atoms with Gasteiger partial charge in [0.05, 0.1) is 22.3 Å². The Morgan fingerprint density at radius 2 is 1.71 bits per heavy atom. The van der Waals surface area contributed by atoms with Crippen LogP contribution < -0.4 is 10.6 Å². The maximum atomic E-state index is 12.4. The van der Waals surface area contributed by atoms with Gasteiger partial charge >= 0.3 is 0 Å². The number of thioether (sulfide) groups is 1. The Labute approximate surface area is 168 Å². The summed E-state index contributed by atoms with van der Waals surface area (Å²) in [7, 11) is 0. The van der Waals surface area contributed by atoms with Gasteiger partial charge in [0.25, 0.3) is 0 Å². The molecule has 2 N–H and O–H groups in total. The van der Waals surface area contributed by atoms with E-state index >= 15 is 0 Å². The third-order valence-electron chi connectivity index (χ3n) is 4.41. The van der Waals surface area contributed by atoms with Crippen LogP contribution in [0.25, 0.3) is 10.9 Å². The van der Waals surface area contributed by atoms with E-state index in [1.807, 2.05) is 68.4 Å². The molecule has 0 aliphatic heterocycles. The number of fused-ring (bicyclic) bond motifs is 1. The first-order valence-corrected chi connectivity index (χ1v) is 9.98. The summed E-state index contributed by atoms with van der Waals surface area (Å²) in [5.41, 5.74) is 3.68. The van der Waals surface area contributed by atoms with Crippen LogP contribution in [0, 0.1) is 13.8 Å². The summed E-state index contributed by atoms with van der Waals surface area (Å²) >= 11 is 1.37. The fraction of sp³-hybridized carbons (Fsp3) is 0.227. The number of hydrogen-bond donors (Lipinski definition) is 2. The van der Waals surface area contributed by atoms with Gasteiger partial charge < -0.3 is 10.6 Å². The predicted octanol–water partition coefficient (Wildman–Crippen LogP) is 4.09. The molecule has 144 valence electrons. The molecule has 3 aromatic rings. The van der Waals surface area contributed by atoms with Gasteiger partial charge in [-0.3, -0.25) is 9.59 Å². The molecule has 0 fully saturated rings. The van der Waals surface area contributed by atoms with Crippen molar-refractivity contribution in [2.45, 2.75) is 31.0 Å². The van der Waals surface area contributed by atoms with Crippen molar-refractivity contribution in [1.82, 2.24) is 10.3 Å². The van der Waals surface area contributed by atoms with E-state index in [-0.39, 0.29) is 23.6 Å². The van der Waals surface area contributed by atoms with Gasteiger partial charge in [0.15, 0.2) is 0 Å². The number of hydrogen-bond acceptors (Lipinski definition) is 4. The quantitative estimate of drug-likeness (QED) is 0.619. The number of carbonyl (C=O) groups excluding carboxylic acids is 2. The van der Waals surface area contributed by atoms with Crippen LogP contribution in [0.2, 0.25) is 0 Å². The number of aromatic nitrogens is 1. The zero-order valence-corrected chi connectivity index (χ0v) is 17.0. The van der Waals surface area contributed by atoms with Crippen molar-refractivity contribution in [3.63, 3.8) is 0 Å². The van der Waals surface area contributed by atoms with Gasteiger partial charge in [0, 0.05) is 11.1 Å². The standard InChI is InChI=1S/C22H23N3O2S/c1-14-7-6-8-15(2)21(14)25-19(26)13-23-22(27)16(3)28-20-12-11-17-9-4-5-10-18(17)24-20/h4-12,16H,13H2,1-3H3,(H,23,27)(H,25,26)/t16-/m1/s1. The van der Waals surface area contributed by atoms with Gasteiger partial charge in [-0.2, -0.15) is 0 Å². The highest BCUT2D eigenvalue weighted by Crippen LogP contribution is 2.24. The first-order chi connectivity index (χ1) is 13.4. The van der Waals surface area contributed by atoms with Crippen LogP contribution in [-0.4, -0.2) is 28.6 Å². The lowest BCUT2D eigenvalue weighted by molar-refractivity contribution is -0.123. The zero-order chi connectivity index (χ0) is 20.1. The van der Waals surface area contributed by atoms with Gasteiger partial charge in [0.2, 0.25) is 11.8 Å². The van der Waals surface area contributed by atoms with Crippen LogP contribution in [0.3, 0.4) is 0 Å². The van der Waals surface area contributed by atoms with Gasteiger partial charge in [0.1, 0.15) is 0 Å². The second-order valence-corrected chi connectivity index (χ2v) is 8.00. The molecule has 0 aliphatic rings. The van der Waals surface area contributed by atoms with Crippen LogP contribution in [0.15, 0.2) is 59.6 Å². The van der Waals surface area contributed by atoms with Crippen molar-refractivity contribution in [3.8, 4) is 0 Å². The lowest BCUT2D eigenvalue weighted by Gasteiger charge is -2.14. The van der Waals surface area contributed by atoms with Gasteiger partial charge in [-0.15, -0.1) is 0 Å². The van der Waals surface area contributed by atoms with E-state index in [9.17, 15) is 9.59 Å². The Hall–Kier alpha value is -2.86. The minimum atomic E-state index is -0.360. The Balaban J connectivity index is 1.54. The fourth-order valence-corrected chi connectivity index (χ4v) is 3.70. The molecule has 0 aliphatic carbocycles. The second kappa shape index (κ2) is 8.89. The largest absolute Gasteiger partial charge is 0.346 e. The lowest BCUT2D eigenvalue weighted by atomic mass is 10.1. The highest BCUT2D eigenvalue weighted by atomic mass is 32.2. The molecular formula is C22H23N3O2S. The lowest BCUT2D eigenvalue weighted by Crippen LogP contribution is -2.37. The number of pyridine rings is 1. The molecule has 28 heavy (non-hydrogen) atoms. The monoisotopic (exact) mass is 393 g/mol. The predicted molar refractivity (Wildman–Crippen MR) is 115 cm³/mol. The molecule has 0 spiro atoms. The van der Waals surface area contributed by atoms with Crippen LogP contribution in [-0.2, 0) is 9.59 Å². The van der Waals surface area contributed by atoms with E-state index in [1.165, 1.54) is 11.8 Å². The number of para-hydroxylation sites is 2. The molecule has 5 nitrogen and oxygen atoms in total. The number of nitrogens with zero attached hydrogens (tertiary/aromatic N) is 1. The summed E-state index contributed by atoms with van der Waals surface area (Å²) in [5, 5.41) is 7.05. The minimum Gasteiger partial charge on any atom is -0.346 e. The van der Waals surface area contributed by atoms with Crippen molar-refractivity contribution >= 4 is 40.2 Å². The summed E-state index contributed by atoms with van der Waals surface area (Å²) in [4.78, 5) is 29.1. The van der Waals surface area contributed by atoms with Gasteiger partial charge in [-0.1, -0.05) is 54.2 Å². The van der Waals surface area contributed by atoms with Gasteiger partial charge in [-0.05, 0) is 44.0 Å². The number of nitrogens with one attached hydrogen (secondary N) is 2. The minimum absolute atomic E-state index is 0.0668. The maximum absolute atomic E-state index is 12.4. The van der Waals surface area contributed by atoms with Crippen LogP contribution in [0.1, 0.15) is 18.1 Å². The number of anilines is 1. The first kappa shape index (κ1) is 19.9. The molecule has 1 aromatic heterocycles. The summed E-state index contributed by atoms with van der Waals surface area (Å²) in [6.07, 6.45) is 0. The average molecular weight is 394 g/mol. The molecular weight excluding hydrogens is 370 g/mol.